The highest BCUT2D eigenvalue weighted by molar-refractivity contribution is 5.91. The lowest BCUT2D eigenvalue weighted by molar-refractivity contribution is 0.584. The lowest BCUT2D eigenvalue weighted by Crippen LogP contribution is -2.28. The molecule has 1 aliphatic rings. The van der Waals surface area contributed by atoms with Crippen LogP contribution in [0.25, 0.3) is 22.2 Å². The Morgan fingerprint density at radius 3 is 2.40 bits per heavy atom. The number of aromatic nitrogens is 1. The highest BCUT2D eigenvalue weighted by atomic mass is 19.1. The maximum absolute atomic E-state index is 14.4. The number of nitrogens with one attached hydrogen (secondary N) is 3. The van der Waals surface area contributed by atoms with Crippen molar-refractivity contribution < 1.29 is 17.6 Å². The van der Waals surface area contributed by atoms with E-state index in [0.29, 0.717) is 29.5 Å². The van der Waals surface area contributed by atoms with Crippen molar-refractivity contribution >= 4 is 10.9 Å². The molecule has 1 atom stereocenters. The van der Waals surface area contributed by atoms with Gasteiger partial charge in [-0.05, 0) is 43.0 Å². The van der Waals surface area contributed by atoms with Crippen LogP contribution in [0.1, 0.15) is 18.4 Å². The minimum absolute atomic E-state index is 0.0761. The molecule has 0 radical (unpaired) electrons. The zero-order valence-corrected chi connectivity index (χ0v) is 16.2. The molecule has 3 nitrogen and oxygen atoms in total. The monoisotopic (exact) mass is 415 g/mol. The van der Waals surface area contributed by atoms with E-state index in [-0.39, 0.29) is 17.1 Å². The summed E-state index contributed by atoms with van der Waals surface area (Å²) in [4.78, 5) is 2.89. The highest BCUT2D eigenvalue weighted by Gasteiger charge is 2.21. The summed E-state index contributed by atoms with van der Waals surface area (Å²) in [6.07, 6.45) is 1.73. The van der Waals surface area contributed by atoms with Gasteiger partial charge in [0.2, 0.25) is 0 Å². The van der Waals surface area contributed by atoms with Crippen molar-refractivity contribution in [1.29, 1.82) is 0 Å². The van der Waals surface area contributed by atoms with Gasteiger partial charge in [-0.3, -0.25) is 0 Å². The van der Waals surface area contributed by atoms with Crippen LogP contribution < -0.4 is 10.6 Å². The summed E-state index contributed by atoms with van der Waals surface area (Å²) in [7, 11) is 0. The maximum atomic E-state index is 14.4. The van der Waals surface area contributed by atoms with Crippen LogP contribution in [0.5, 0.6) is 0 Å². The van der Waals surface area contributed by atoms with Crippen LogP contribution in [0.2, 0.25) is 0 Å². The van der Waals surface area contributed by atoms with E-state index in [1.54, 1.807) is 0 Å². The molecule has 7 heteroatoms. The second-order valence-electron chi connectivity index (χ2n) is 7.49. The van der Waals surface area contributed by atoms with Crippen molar-refractivity contribution in [3.05, 3.63) is 83.7 Å². The van der Waals surface area contributed by atoms with E-state index in [4.69, 9.17) is 0 Å². The zero-order valence-electron chi connectivity index (χ0n) is 16.2. The van der Waals surface area contributed by atoms with Crippen LogP contribution in [0, 0.1) is 23.3 Å². The van der Waals surface area contributed by atoms with Crippen LogP contribution >= 0.6 is 0 Å². The predicted octanol–water partition coefficient (Wildman–Crippen LogP) is 5.30. The molecule has 4 rings (SSSR count). The number of aromatic amines is 1. The van der Waals surface area contributed by atoms with Crippen molar-refractivity contribution in [3.63, 3.8) is 0 Å². The molecule has 2 aromatic carbocycles. The summed E-state index contributed by atoms with van der Waals surface area (Å²) in [5, 5.41) is 6.81. The molecule has 156 valence electrons. The Kier molecular flexibility index (Phi) is 5.28. The molecule has 1 fully saturated rings. The molecule has 1 aromatic heterocycles. The van der Waals surface area contributed by atoms with Gasteiger partial charge in [0.05, 0.1) is 11.6 Å². The molecule has 30 heavy (non-hydrogen) atoms. The van der Waals surface area contributed by atoms with Gasteiger partial charge in [0.25, 0.3) is 0 Å². The number of benzene rings is 2. The fraction of sp³-hybridized carbons (Fsp3) is 0.217. The molecular weight excluding hydrogens is 394 g/mol. The summed E-state index contributed by atoms with van der Waals surface area (Å²) in [6.45, 7) is 8.83. The minimum atomic E-state index is -0.764. The lowest BCUT2D eigenvalue weighted by atomic mass is 10.00. The second-order valence-corrected chi connectivity index (χ2v) is 7.49. The average Bonchev–Trinajstić information content (AvgIpc) is 3.23. The normalized spacial score (nSPS) is 16.1. The fourth-order valence-electron chi connectivity index (χ4n) is 3.91. The van der Waals surface area contributed by atoms with Crippen molar-refractivity contribution in [2.75, 3.05) is 6.54 Å². The Bertz CT molecular complexity index is 1130. The van der Waals surface area contributed by atoms with E-state index < -0.39 is 23.3 Å². The molecule has 3 aromatic rings. The van der Waals surface area contributed by atoms with Gasteiger partial charge in [-0.15, -0.1) is 0 Å². The number of H-pyrrole nitrogens is 1. The summed E-state index contributed by atoms with van der Waals surface area (Å²) in [6, 6.07) is 5.16. The van der Waals surface area contributed by atoms with Gasteiger partial charge in [0.1, 0.15) is 23.3 Å². The standard InChI is InChI=1S/C23H21F4N3/c1-12(29-21-5-6-28-13(21)2)3-4-18-19-10-17(26)11-20(27)23(19)30-22(18)14-7-15(24)9-16(25)8-14/h7-11,21,28-30H,1-6H2. The number of fused-ring (bicyclic) bond motifs is 1. The molecule has 1 aliphatic heterocycles. The summed E-state index contributed by atoms with van der Waals surface area (Å²) in [5.74, 6) is -2.98. The van der Waals surface area contributed by atoms with E-state index in [0.717, 1.165) is 48.6 Å². The number of halogens is 4. The first-order chi connectivity index (χ1) is 14.3. The first kappa shape index (κ1) is 20.1. The SMILES string of the molecule is C=C(CCc1c(-c2cc(F)cc(F)c2)[nH]c2c(F)cc(F)cc12)NC1CCNC1=C. The molecule has 0 spiro atoms. The average molecular weight is 415 g/mol. The van der Waals surface area contributed by atoms with Gasteiger partial charge in [-0.1, -0.05) is 13.2 Å². The largest absolute Gasteiger partial charge is 0.387 e. The summed E-state index contributed by atoms with van der Waals surface area (Å²) >= 11 is 0. The molecule has 2 heterocycles. The zero-order chi connectivity index (χ0) is 21.4. The smallest absolute Gasteiger partial charge is 0.150 e. The number of allylic oxidation sites excluding steroid dienone is 1. The predicted molar refractivity (Wildman–Crippen MR) is 110 cm³/mol. The quantitative estimate of drug-likeness (QED) is 0.478. The number of rotatable bonds is 6. The number of aryl methyl sites for hydroxylation is 1. The molecule has 0 saturated carbocycles. The van der Waals surface area contributed by atoms with E-state index in [1.165, 1.54) is 6.07 Å². The molecular formula is C23H21F4N3. The first-order valence-electron chi connectivity index (χ1n) is 9.65. The van der Waals surface area contributed by atoms with E-state index in [9.17, 15) is 17.6 Å². The van der Waals surface area contributed by atoms with Crippen LogP contribution in [-0.2, 0) is 6.42 Å². The van der Waals surface area contributed by atoms with Gasteiger partial charge >= 0.3 is 0 Å². The van der Waals surface area contributed by atoms with Crippen molar-refractivity contribution in [3.8, 4) is 11.3 Å². The molecule has 3 N–H and O–H groups in total. The third-order valence-electron chi connectivity index (χ3n) is 5.34. The maximum Gasteiger partial charge on any atom is 0.150 e. The molecule has 1 unspecified atom stereocenters. The van der Waals surface area contributed by atoms with Gasteiger partial charge in [0.15, 0.2) is 0 Å². The van der Waals surface area contributed by atoms with Gasteiger partial charge in [-0.2, -0.15) is 0 Å². The highest BCUT2D eigenvalue weighted by Crippen LogP contribution is 2.34. The molecule has 0 bridgehead atoms. The Balaban J connectivity index is 1.69. The Labute approximate surface area is 171 Å². The van der Waals surface area contributed by atoms with Crippen LogP contribution in [0.3, 0.4) is 0 Å². The van der Waals surface area contributed by atoms with Gasteiger partial charge in [0, 0.05) is 46.7 Å². The number of hydrogen-bond donors (Lipinski definition) is 3. The van der Waals surface area contributed by atoms with E-state index >= 15 is 0 Å². The second kappa shape index (κ2) is 7.89. The topological polar surface area (TPSA) is 39.9 Å². The van der Waals surface area contributed by atoms with E-state index in [2.05, 4.69) is 28.8 Å². The summed E-state index contributed by atoms with van der Waals surface area (Å²) < 4.78 is 55.9. The Morgan fingerprint density at radius 1 is 1.03 bits per heavy atom. The van der Waals surface area contributed by atoms with Crippen LogP contribution in [-0.4, -0.2) is 17.6 Å². The van der Waals surface area contributed by atoms with E-state index in [1.807, 2.05) is 0 Å². The van der Waals surface area contributed by atoms with Crippen molar-refractivity contribution in [2.24, 2.45) is 0 Å². The number of hydrogen-bond acceptors (Lipinski definition) is 2. The van der Waals surface area contributed by atoms with Gasteiger partial charge < -0.3 is 15.6 Å². The molecule has 1 saturated heterocycles. The Hall–Kier alpha value is -3.22. The van der Waals surface area contributed by atoms with Crippen LogP contribution in [0.4, 0.5) is 17.6 Å². The first-order valence-corrected chi connectivity index (χ1v) is 9.65. The minimum Gasteiger partial charge on any atom is -0.387 e. The lowest BCUT2D eigenvalue weighted by Gasteiger charge is -2.17. The fourth-order valence-corrected chi connectivity index (χ4v) is 3.91. The van der Waals surface area contributed by atoms with Crippen LogP contribution in [0.15, 0.2) is 54.9 Å². The summed E-state index contributed by atoms with van der Waals surface area (Å²) in [5.41, 5.74) is 2.88. The third-order valence-corrected chi connectivity index (χ3v) is 5.34. The molecule has 0 aliphatic carbocycles. The molecule has 0 amide bonds. The van der Waals surface area contributed by atoms with Gasteiger partial charge in [-0.25, -0.2) is 17.6 Å². The van der Waals surface area contributed by atoms with Crippen molar-refractivity contribution in [2.45, 2.75) is 25.3 Å². The Morgan fingerprint density at radius 2 is 1.73 bits per heavy atom. The van der Waals surface area contributed by atoms with Crippen molar-refractivity contribution in [1.82, 2.24) is 15.6 Å². The third kappa shape index (κ3) is 3.92.